The number of hydrogen-bond donors (Lipinski definition) is 0. The number of likely N-dealkylation sites (tertiary alicyclic amines) is 1. The van der Waals surface area contributed by atoms with Gasteiger partial charge in [-0.05, 0) is 86.3 Å². The van der Waals surface area contributed by atoms with Crippen molar-refractivity contribution < 1.29 is 9.53 Å². The number of benzene rings is 1. The van der Waals surface area contributed by atoms with Gasteiger partial charge in [0, 0.05) is 12.5 Å². The van der Waals surface area contributed by atoms with Gasteiger partial charge in [-0.3, -0.25) is 4.79 Å². The summed E-state index contributed by atoms with van der Waals surface area (Å²) in [5.74, 6) is 4.91. The van der Waals surface area contributed by atoms with Crippen molar-refractivity contribution in [1.82, 2.24) is 4.90 Å². The van der Waals surface area contributed by atoms with Gasteiger partial charge in [-0.1, -0.05) is 25.0 Å². The second kappa shape index (κ2) is 7.14. The van der Waals surface area contributed by atoms with Gasteiger partial charge in [0.25, 0.3) is 0 Å². The van der Waals surface area contributed by atoms with E-state index in [1.807, 2.05) is 12.1 Å². The molecule has 27 heavy (non-hydrogen) atoms. The fraction of sp³-hybridized carbons (Fsp3) is 0.708. The Balaban J connectivity index is 1.41. The van der Waals surface area contributed by atoms with Crippen molar-refractivity contribution in [2.45, 2.75) is 63.8 Å². The van der Waals surface area contributed by atoms with Crippen LogP contribution in [0.15, 0.2) is 24.3 Å². The van der Waals surface area contributed by atoms with Crippen LogP contribution in [0.1, 0.15) is 69.4 Å². The molecule has 3 nitrogen and oxygen atoms in total. The Labute approximate surface area is 163 Å². The lowest BCUT2D eigenvalue weighted by molar-refractivity contribution is -0.151. The van der Waals surface area contributed by atoms with Gasteiger partial charge in [0.15, 0.2) is 0 Å². The van der Waals surface area contributed by atoms with Crippen molar-refractivity contribution >= 4 is 5.91 Å². The maximum absolute atomic E-state index is 13.8. The summed E-state index contributed by atoms with van der Waals surface area (Å²) in [4.78, 5) is 16.1. The molecule has 1 aromatic rings. The maximum atomic E-state index is 13.8. The van der Waals surface area contributed by atoms with Crippen LogP contribution >= 0.6 is 0 Å². The van der Waals surface area contributed by atoms with Crippen LogP contribution in [0, 0.1) is 29.6 Å². The first-order chi connectivity index (χ1) is 13.2. The lowest BCUT2D eigenvalue weighted by Crippen LogP contribution is -2.52. The van der Waals surface area contributed by atoms with E-state index in [9.17, 15) is 4.79 Å². The third-order valence-electron chi connectivity index (χ3n) is 8.05. The Morgan fingerprint density at radius 1 is 0.926 bits per heavy atom. The largest absolute Gasteiger partial charge is 0.497 e. The molecule has 1 atom stereocenters. The van der Waals surface area contributed by atoms with Crippen molar-refractivity contribution in [2.75, 3.05) is 13.7 Å². The molecule has 0 radical (unpaired) electrons. The Hall–Kier alpha value is -1.51. The minimum atomic E-state index is 0.253. The van der Waals surface area contributed by atoms with Crippen molar-refractivity contribution in [3.8, 4) is 5.75 Å². The van der Waals surface area contributed by atoms with Crippen LogP contribution in [0.25, 0.3) is 0 Å². The topological polar surface area (TPSA) is 29.5 Å². The van der Waals surface area contributed by atoms with Crippen LogP contribution in [0.5, 0.6) is 5.75 Å². The Morgan fingerprint density at radius 2 is 1.59 bits per heavy atom. The Morgan fingerprint density at radius 3 is 2.22 bits per heavy atom. The lowest BCUT2D eigenvalue weighted by Gasteiger charge is -2.54. The van der Waals surface area contributed by atoms with Gasteiger partial charge in [-0.15, -0.1) is 0 Å². The van der Waals surface area contributed by atoms with Gasteiger partial charge in [0.2, 0.25) is 5.91 Å². The smallest absolute Gasteiger partial charge is 0.226 e. The summed E-state index contributed by atoms with van der Waals surface area (Å²) in [6.45, 7) is 0.943. The van der Waals surface area contributed by atoms with E-state index in [1.165, 1.54) is 50.5 Å². The van der Waals surface area contributed by atoms with Gasteiger partial charge in [-0.2, -0.15) is 0 Å². The number of amides is 1. The highest BCUT2D eigenvalue weighted by atomic mass is 16.5. The summed E-state index contributed by atoms with van der Waals surface area (Å²) < 4.78 is 5.33. The van der Waals surface area contributed by atoms with E-state index >= 15 is 0 Å². The minimum Gasteiger partial charge on any atom is -0.497 e. The van der Waals surface area contributed by atoms with E-state index < -0.39 is 0 Å². The number of hydrogen-bond acceptors (Lipinski definition) is 2. The highest BCUT2D eigenvalue weighted by Gasteiger charge is 2.52. The monoisotopic (exact) mass is 367 g/mol. The predicted octanol–water partition coefficient (Wildman–Crippen LogP) is 5.21. The molecule has 1 aromatic carbocycles. The van der Waals surface area contributed by atoms with Crippen LogP contribution in [0.4, 0.5) is 0 Å². The quantitative estimate of drug-likeness (QED) is 0.734. The van der Waals surface area contributed by atoms with Crippen LogP contribution < -0.4 is 4.74 Å². The van der Waals surface area contributed by atoms with Gasteiger partial charge in [-0.25, -0.2) is 0 Å². The maximum Gasteiger partial charge on any atom is 0.226 e. The third-order valence-corrected chi connectivity index (χ3v) is 8.05. The highest BCUT2D eigenvalue weighted by Crippen LogP contribution is 2.57. The molecule has 1 saturated heterocycles. The molecule has 5 aliphatic rings. The van der Waals surface area contributed by atoms with Crippen molar-refractivity contribution in [2.24, 2.45) is 29.6 Å². The van der Waals surface area contributed by atoms with Gasteiger partial charge in [0.1, 0.15) is 5.75 Å². The van der Waals surface area contributed by atoms with E-state index in [0.29, 0.717) is 23.7 Å². The summed E-state index contributed by atoms with van der Waals surface area (Å²) in [6.07, 6.45) is 11.5. The molecule has 4 aliphatic carbocycles. The lowest BCUT2D eigenvalue weighted by atomic mass is 9.51. The van der Waals surface area contributed by atoms with E-state index in [0.717, 1.165) is 37.0 Å². The molecule has 3 heteroatoms. The zero-order valence-electron chi connectivity index (χ0n) is 16.6. The van der Waals surface area contributed by atoms with Gasteiger partial charge >= 0.3 is 0 Å². The molecule has 1 amide bonds. The first-order valence-corrected chi connectivity index (χ1v) is 11.2. The zero-order valence-corrected chi connectivity index (χ0v) is 16.6. The molecule has 4 bridgehead atoms. The minimum absolute atomic E-state index is 0.253. The fourth-order valence-corrected chi connectivity index (χ4v) is 7.06. The Bertz CT molecular complexity index is 654. The molecule has 1 unspecified atom stereocenters. The third kappa shape index (κ3) is 3.17. The van der Waals surface area contributed by atoms with Crippen LogP contribution in [0.3, 0.4) is 0 Å². The van der Waals surface area contributed by atoms with Crippen LogP contribution in [-0.2, 0) is 4.79 Å². The van der Waals surface area contributed by atoms with Crippen molar-refractivity contribution in [3.63, 3.8) is 0 Å². The molecular weight excluding hydrogens is 334 g/mol. The second-order valence-corrected chi connectivity index (χ2v) is 9.63. The number of carbonyl (C=O) groups is 1. The second-order valence-electron chi connectivity index (χ2n) is 9.63. The van der Waals surface area contributed by atoms with Gasteiger partial charge < -0.3 is 9.64 Å². The fourth-order valence-electron chi connectivity index (χ4n) is 7.06. The van der Waals surface area contributed by atoms with E-state index in [4.69, 9.17) is 4.74 Å². The highest BCUT2D eigenvalue weighted by molar-refractivity contribution is 5.80. The zero-order chi connectivity index (χ0) is 18.4. The molecule has 1 heterocycles. The summed E-state index contributed by atoms with van der Waals surface area (Å²) in [5, 5.41) is 0. The standard InChI is InChI=1S/C24H33NO2/c1-27-21-8-6-18(7-9-21)22-5-3-2-4-10-25(22)24(26)23-19-12-16-11-17(14-19)15-20(23)13-16/h6-9,16-17,19-20,22-23H,2-5,10-15H2,1H3. The van der Waals surface area contributed by atoms with Crippen LogP contribution in [-0.4, -0.2) is 24.5 Å². The number of ether oxygens (including phenoxy) is 1. The molecule has 1 aliphatic heterocycles. The number of rotatable bonds is 3. The summed E-state index contributed by atoms with van der Waals surface area (Å²) >= 11 is 0. The molecule has 0 N–H and O–H groups in total. The van der Waals surface area contributed by atoms with Gasteiger partial charge in [0.05, 0.1) is 13.2 Å². The van der Waals surface area contributed by atoms with Crippen molar-refractivity contribution in [3.05, 3.63) is 29.8 Å². The summed E-state index contributed by atoms with van der Waals surface area (Å²) in [5.41, 5.74) is 1.29. The number of methoxy groups -OCH3 is 1. The molecule has 0 spiro atoms. The predicted molar refractivity (Wildman–Crippen MR) is 106 cm³/mol. The first kappa shape index (κ1) is 17.6. The molecule has 4 saturated carbocycles. The summed E-state index contributed by atoms with van der Waals surface area (Å²) in [7, 11) is 1.71. The average molecular weight is 368 g/mol. The normalized spacial score (nSPS) is 37.9. The Kier molecular flexibility index (Phi) is 4.65. The van der Waals surface area contributed by atoms with Crippen LogP contribution in [0.2, 0.25) is 0 Å². The molecule has 0 aromatic heterocycles. The molecular formula is C24H33NO2. The molecule has 5 fully saturated rings. The van der Waals surface area contributed by atoms with E-state index in [2.05, 4.69) is 17.0 Å². The van der Waals surface area contributed by atoms with E-state index in [-0.39, 0.29) is 6.04 Å². The first-order valence-electron chi connectivity index (χ1n) is 11.2. The molecule has 146 valence electrons. The van der Waals surface area contributed by atoms with Crippen molar-refractivity contribution in [1.29, 1.82) is 0 Å². The average Bonchev–Trinajstić information content (AvgIpc) is 2.93. The SMILES string of the molecule is COc1ccc(C2CCCCCN2C(=O)C2C3CC4CC(C3)CC2C4)cc1. The summed E-state index contributed by atoms with van der Waals surface area (Å²) in [6, 6.07) is 8.69. The number of nitrogens with zero attached hydrogens (tertiary/aromatic N) is 1. The van der Waals surface area contributed by atoms with E-state index in [1.54, 1.807) is 7.11 Å². The number of carbonyl (C=O) groups excluding carboxylic acids is 1. The molecule has 6 rings (SSSR count).